The van der Waals surface area contributed by atoms with Crippen LogP contribution in [0.1, 0.15) is 30.9 Å². The van der Waals surface area contributed by atoms with Crippen molar-refractivity contribution in [2.24, 2.45) is 11.7 Å². The third-order valence-electron chi connectivity index (χ3n) is 4.34. The van der Waals surface area contributed by atoms with Crippen molar-refractivity contribution in [3.63, 3.8) is 0 Å². The number of hydrogen-bond acceptors (Lipinski definition) is 5. The molecule has 1 aliphatic carbocycles. The van der Waals surface area contributed by atoms with Gasteiger partial charge in [0.05, 0.1) is 0 Å². The first-order valence-corrected chi connectivity index (χ1v) is 7.28. The van der Waals surface area contributed by atoms with Crippen LogP contribution >= 0.6 is 0 Å². The van der Waals surface area contributed by atoms with E-state index in [0.29, 0.717) is 18.5 Å². The molecule has 1 aromatic rings. The van der Waals surface area contributed by atoms with E-state index in [4.69, 9.17) is 15.2 Å². The molecule has 110 valence electrons. The molecule has 0 spiro atoms. The molecule has 0 aromatic heterocycles. The van der Waals surface area contributed by atoms with Gasteiger partial charge in [-0.25, -0.2) is 0 Å². The normalized spacial score (nSPS) is 25.9. The van der Waals surface area contributed by atoms with Crippen molar-refractivity contribution < 1.29 is 14.6 Å². The maximum atomic E-state index is 9.41. The predicted molar refractivity (Wildman–Crippen MR) is 75.7 cm³/mol. The van der Waals surface area contributed by atoms with Gasteiger partial charge in [0.1, 0.15) is 0 Å². The lowest BCUT2D eigenvalue weighted by Gasteiger charge is -2.26. The highest BCUT2D eigenvalue weighted by Gasteiger charge is 2.29. The van der Waals surface area contributed by atoms with Crippen molar-refractivity contribution in [3.8, 4) is 11.5 Å². The summed E-state index contributed by atoms with van der Waals surface area (Å²) in [5.74, 6) is 1.92. The van der Waals surface area contributed by atoms with Crippen molar-refractivity contribution in [2.45, 2.75) is 31.3 Å². The van der Waals surface area contributed by atoms with Crippen LogP contribution in [-0.2, 0) is 0 Å². The van der Waals surface area contributed by atoms with E-state index in [1.165, 1.54) is 6.42 Å². The van der Waals surface area contributed by atoms with Gasteiger partial charge in [0.2, 0.25) is 6.79 Å². The molecule has 1 aliphatic heterocycles. The topological polar surface area (TPSA) is 76.7 Å². The van der Waals surface area contributed by atoms with Gasteiger partial charge in [-0.3, -0.25) is 0 Å². The second-order valence-corrected chi connectivity index (χ2v) is 5.55. The van der Waals surface area contributed by atoms with Gasteiger partial charge in [-0.2, -0.15) is 0 Å². The highest BCUT2D eigenvalue weighted by molar-refractivity contribution is 5.45. The first-order valence-electron chi connectivity index (χ1n) is 7.28. The maximum Gasteiger partial charge on any atom is 0.231 e. The van der Waals surface area contributed by atoms with Crippen molar-refractivity contribution in [2.75, 3.05) is 19.9 Å². The zero-order valence-electron chi connectivity index (χ0n) is 11.5. The lowest BCUT2D eigenvalue weighted by atomic mass is 10.0. The Kier molecular flexibility index (Phi) is 4.10. The third kappa shape index (κ3) is 2.61. The van der Waals surface area contributed by atoms with Crippen LogP contribution in [-0.4, -0.2) is 31.1 Å². The van der Waals surface area contributed by atoms with Crippen LogP contribution in [0.3, 0.4) is 0 Å². The summed E-state index contributed by atoms with van der Waals surface area (Å²) in [6.07, 6.45) is 3.36. The zero-order valence-corrected chi connectivity index (χ0v) is 11.5. The molecule has 3 atom stereocenters. The van der Waals surface area contributed by atoms with Gasteiger partial charge in [0.15, 0.2) is 11.5 Å². The molecular formula is C15H22N2O3. The highest BCUT2D eigenvalue weighted by Crippen LogP contribution is 2.35. The Morgan fingerprint density at radius 1 is 1.30 bits per heavy atom. The third-order valence-corrected chi connectivity index (χ3v) is 4.34. The van der Waals surface area contributed by atoms with Gasteiger partial charge in [0.25, 0.3) is 0 Å². The van der Waals surface area contributed by atoms with Crippen LogP contribution in [0.25, 0.3) is 0 Å². The second-order valence-electron chi connectivity index (χ2n) is 5.55. The van der Waals surface area contributed by atoms with E-state index >= 15 is 0 Å². The minimum absolute atomic E-state index is 0.0849. The number of hydrogen-bond donors (Lipinski definition) is 3. The molecule has 0 amide bonds. The van der Waals surface area contributed by atoms with Gasteiger partial charge < -0.3 is 25.6 Å². The van der Waals surface area contributed by atoms with Gasteiger partial charge >= 0.3 is 0 Å². The summed E-state index contributed by atoms with van der Waals surface area (Å²) in [6.45, 7) is 1.05. The number of nitrogens with one attached hydrogen (secondary N) is 1. The lowest BCUT2D eigenvalue weighted by Crippen LogP contribution is -2.39. The molecule has 5 nitrogen and oxygen atoms in total. The molecule has 1 aromatic carbocycles. The molecule has 0 radical (unpaired) electrons. The van der Waals surface area contributed by atoms with E-state index in [0.717, 1.165) is 29.9 Å². The summed E-state index contributed by atoms with van der Waals surface area (Å²) in [5, 5.41) is 13.0. The average Bonchev–Trinajstić information content (AvgIpc) is 3.12. The van der Waals surface area contributed by atoms with Crippen LogP contribution in [0.15, 0.2) is 18.2 Å². The lowest BCUT2D eigenvalue weighted by molar-refractivity contribution is 0.174. The van der Waals surface area contributed by atoms with Crippen LogP contribution in [0.4, 0.5) is 0 Å². The van der Waals surface area contributed by atoms with E-state index < -0.39 is 0 Å². The predicted octanol–water partition coefficient (Wildman–Crippen LogP) is 1.17. The van der Waals surface area contributed by atoms with Crippen molar-refractivity contribution in [3.05, 3.63) is 23.8 Å². The molecule has 3 rings (SSSR count). The molecular weight excluding hydrogens is 256 g/mol. The number of benzene rings is 1. The Balaban J connectivity index is 1.73. The molecule has 3 unspecified atom stereocenters. The first-order chi connectivity index (χ1) is 9.81. The number of ether oxygens (including phenoxy) is 2. The summed E-state index contributed by atoms with van der Waals surface area (Å²) >= 11 is 0. The van der Waals surface area contributed by atoms with Crippen LogP contribution in [0.5, 0.6) is 11.5 Å². The molecule has 20 heavy (non-hydrogen) atoms. The molecule has 0 saturated heterocycles. The molecule has 4 N–H and O–H groups in total. The van der Waals surface area contributed by atoms with E-state index in [1.54, 1.807) is 0 Å². The number of aliphatic hydroxyl groups is 1. The number of nitrogens with two attached hydrogens (primary N) is 1. The van der Waals surface area contributed by atoms with Gasteiger partial charge in [-0.05, 0) is 36.5 Å². The second kappa shape index (κ2) is 5.99. The summed E-state index contributed by atoms with van der Waals surface area (Å²) in [7, 11) is 0. The summed E-state index contributed by atoms with van der Waals surface area (Å²) in [4.78, 5) is 0. The zero-order chi connectivity index (χ0) is 13.9. The Morgan fingerprint density at radius 3 is 2.95 bits per heavy atom. The van der Waals surface area contributed by atoms with Crippen LogP contribution < -0.4 is 20.5 Å². The quantitative estimate of drug-likeness (QED) is 0.753. The molecule has 1 saturated carbocycles. The summed E-state index contributed by atoms with van der Waals surface area (Å²) in [6, 6.07) is 6.39. The molecule has 5 heteroatoms. The van der Waals surface area contributed by atoms with Crippen molar-refractivity contribution >= 4 is 0 Å². The Bertz CT molecular complexity index is 466. The van der Waals surface area contributed by atoms with Gasteiger partial charge in [-0.15, -0.1) is 0 Å². The Morgan fingerprint density at radius 2 is 2.15 bits per heavy atom. The van der Waals surface area contributed by atoms with E-state index in [1.807, 2.05) is 18.2 Å². The van der Waals surface area contributed by atoms with E-state index in [2.05, 4.69) is 5.32 Å². The standard InChI is InChI=1S/C15H22N2O3/c16-7-13(17-12-3-1-2-11(12)8-18)10-4-5-14-15(6-10)20-9-19-14/h4-6,11-13,17-18H,1-3,7-9,16H2. The fourth-order valence-electron chi connectivity index (χ4n) is 3.16. The maximum absolute atomic E-state index is 9.41. The van der Waals surface area contributed by atoms with Crippen LogP contribution in [0, 0.1) is 5.92 Å². The van der Waals surface area contributed by atoms with Crippen LogP contribution in [0.2, 0.25) is 0 Å². The number of rotatable bonds is 5. The molecule has 1 heterocycles. The molecule has 1 fully saturated rings. The van der Waals surface area contributed by atoms with Crippen molar-refractivity contribution in [1.82, 2.24) is 5.32 Å². The summed E-state index contributed by atoms with van der Waals surface area (Å²) < 4.78 is 10.7. The summed E-state index contributed by atoms with van der Waals surface area (Å²) in [5.41, 5.74) is 7.03. The molecule has 0 bridgehead atoms. The monoisotopic (exact) mass is 278 g/mol. The number of fused-ring (bicyclic) bond motifs is 1. The van der Waals surface area contributed by atoms with E-state index in [9.17, 15) is 5.11 Å². The average molecular weight is 278 g/mol. The fraction of sp³-hybridized carbons (Fsp3) is 0.600. The largest absolute Gasteiger partial charge is 0.454 e. The first kappa shape index (κ1) is 13.7. The SMILES string of the molecule is NCC(NC1CCCC1CO)c1ccc2c(c1)OCO2. The van der Waals surface area contributed by atoms with Crippen molar-refractivity contribution in [1.29, 1.82) is 0 Å². The fourth-order valence-corrected chi connectivity index (χ4v) is 3.16. The minimum atomic E-state index is 0.0849. The van der Waals surface area contributed by atoms with Gasteiger partial charge in [-0.1, -0.05) is 12.5 Å². The smallest absolute Gasteiger partial charge is 0.231 e. The van der Waals surface area contributed by atoms with Gasteiger partial charge in [0, 0.05) is 25.2 Å². The molecule has 2 aliphatic rings. The highest BCUT2D eigenvalue weighted by atomic mass is 16.7. The number of aliphatic hydroxyl groups excluding tert-OH is 1. The Hall–Kier alpha value is -1.30. The minimum Gasteiger partial charge on any atom is -0.454 e. The Labute approximate surface area is 119 Å². The van der Waals surface area contributed by atoms with E-state index in [-0.39, 0.29) is 19.4 Å².